The van der Waals surface area contributed by atoms with Crippen LogP contribution in [0.2, 0.25) is 0 Å². The molecule has 2 heterocycles. The van der Waals surface area contributed by atoms with Gasteiger partial charge in [0, 0.05) is 13.6 Å². The summed E-state index contributed by atoms with van der Waals surface area (Å²) in [6.07, 6.45) is 1.56. The number of ether oxygens (including phenoxy) is 1. The largest absolute Gasteiger partial charge is 0.487 e. The zero-order valence-electron chi connectivity index (χ0n) is 11.8. The number of fused-ring (bicyclic) bond motifs is 2. The number of rotatable bonds is 0. The van der Waals surface area contributed by atoms with Crippen LogP contribution in [0.5, 0.6) is 5.75 Å². The van der Waals surface area contributed by atoms with E-state index in [2.05, 4.69) is 11.9 Å². The molecule has 0 amide bonds. The van der Waals surface area contributed by atoms with E-state index in [-0.39, 0.29) is 17.0 Å². The molecule has 5 nitrogen and oxygen atoms in total. The van der Waals surface area contributed by atoms with Gasteiger partial charge in [-0.3, -0.25) is 0 Å². The highest BCUT2D eigenvalue weighted by Gasteiger charge is 2.40. The lowest BCUT2D eigenvalue weighted by atomic mass is 10.1. The van der Waals surface area contributed by atoms with Crippen LogP contribution in [0.1, 0.15) is 12.8 Å². The summed E-state index contributed by atoms with van der Waals surface area (Å²) in [4.78, 5) is 2.51. The minimum absolute atomic E-state index is 0.0802. The number of hydrogen-bond acceptors (Lipinski definition) is 4. The van der Waals surface area contributed by atoms with Crippen LogP contribution in [0.25, 0.3) is 0 Å². The molecule has 0 spiro atoms. The molecule has 0 N–H and O–H groups in total. The fourth-order valence-corrected chi connectivity index (χ4v) is 4.53. The van der Waals surface area contributed by atoms with E-state index in [1.54, 1.807) is 25.2 Å². The molecule has 1 aromatic carbocycles. The summed E-state index contributed by atoms with van der Waals surface area (Å²) in [5, 5.41) is 0. The van der Waals surface area contributed by atoms with Crippen molar-refractivity contribution in [3.05, 3.63) is 24.3 Å². The highest BCUT2D eigenvalue weighted by molar-refractivity contribution is 7.89. The fourth-order valence-electron chi connectivity index (χ4n) is 3.00. The summed E-state index contributed by atoms with van der Waals surface area (Å²) in [5.41, 5.74) is 0. The Bertz CT molecular complexity index is 602. The number of nitrogens with zero attached hydrogens (tertiary/aromatic N) is 2. The first kappa shape index (κ1) is 13.9. The molecule has 2 atom stereocenters. The Kier molecular flexibility index (Phi) is 3.48. The van der Waals surface area contributed by atoms with Gasteiger partial charge in [0.25, 0.3) is 0 Å². The van der Waals surface area contributed by atoms with E-state index in [4.69, 9.17) is 4.74 Å². The predicted molar refractivity (Wildman–Crippen MR) is 76.3 cm³/mol. The summed E-state index contributed by atoms with van der Waals surface area (Å²) in [7, 11) is 0.262. The summed E-state index contributed by atoms with van der Waals surface area (Å²) in [5.74, 6) is 0.483. The smallest absolute Gasteiger partial charge is 0.246 e. The molecule has 0 aromatic heterocycles. The molecule has 0 radical (unpaired) electrons. The number of likely N-dealkylation sites (tertiary alicyclic amines) is 1. The lowest BCUT2D eigenvalue weighted by molar-refractivity contribution is 0.122. The highest BCUT2D eigenvalue weighted by atomic mass is 32.2. The topological polar surface area (TPSA) is 49.9 Å². The third kappa shape index (κ3) is 2.21. The van der Waals surface area contributed by atoms with Crippen LogP contribution < -0.4 is 4.74 Å². The molecule has 0 aliphatic carbocycles. The molecule has 0 bridgehead atoms. The summed E-state index contributed by atoms with van der Waals surface area (Å²) >= 11 is 0. The molecule has 1 fully saturated rings. The summed E-state index contributed by atoms with van der Waals surface area (Å²) < 4.78 is 33.0. The van der Waals surface area contributed by atoms with Crippen molar-refractivity contribution in [3.8, 4) is 5.75 Å². The maximum atomic E-state index is 12.7. The van der Waals surface area contributed by atoms with Crippen LogP contribution in [0, 0.1) is 0 Å². The minimum atomic E-state index is -3.47. The van der Waals surface area contributed by atoms with Crippen molar-refractivity contribution in [1.82, 2.24) is 9.21 Å². The lowest BCUT2D eigenvalue weighted by Gasteiger charge is -2.28. The minimum Gasteiger partial charge on any atom is -0.487 e. The number of hydrogen-bond donors (Lipinski definition) is 0. The molecular formula is C14H20N2O3S. The molecule has 20 heavy (non-hydrogen) atoms. The van der Waals surface area contributed by atoms with Crippen LogP contribution in [-0.2, 0) is 10.0 Å². The maximum absolute atomic E-state index is 12.7. The zero-order chi connectivity index (χ0) is 14.3. The monoisotopic (exact) mass is 296 g/mol. The van der Waals surface area contributed by atoms with Gasteiger partial charge in [0.2, 0.25) is 10.0 Å². The molecule has 6 heteroatoms. The molecule has 1 aromatic rings. The van der Waals surface area contributed by atoms with Crippen molar-refractivity contribution >= 4 is 10.0 Å². The van der Waals surface area contributed by atoms with Crippen LogP contribution in [-0.4, -0.2) is 57.0 Å². The van der Waals surface area contributed by atoms with Crippen LogP contribution >= 0.6 is 0 Å². The average molecular weight is 296 g/mol. The Morgan fingerprint density at radius 2 is 1.85 bits per heavy atom. The van der Waals surface area contributed by atoms with Gasteiger partial charge in [0.05, 0.1) is 6.04 Å². The Balaban J connectivity index is 2.07. The van der Waals surface area contributed by atoms with Crippen LogP contribution in [0.15, 0.2) is 29.2 Å². The van der Waals surface area contributed by atoms with Gasteiger partial charge < -0.3 is 9.64 Å². The Morgan fingerprint density at radius 1 is 1.15 bits per heavy atom. The van der Waals surface area contributed by atoms with Crippen molar-refractivity contribution in [2.24, 2.45) is 0 Å². The van der Waals surface area contributed by atoms with E-state index in [0.29, 0.717) is 5.75 Å². The Morgan fingerprint density at radius 3 is 2.65 bits per heavy atom. The van der Waals surface area contributed by atoms with Crippen molar-refractivity contribution in [2.45, 2.75) is 29.9 Å². The highest BCUT2D eigenvalue weighted by Crippen LogP contribution is 2.35. The van der Waals surface area contributed by atoms with Crippen molar-refractivity contribution in [3.63, 3.8) is 0 Å². The molecule has 110 valence electrons. The van der Waals surface area contributed by atoms with E-state index in [9.17, 15) is 8.42 Å². The number of likely N-dealkylation sites (N-methyl/N-ethyl adjacent to an activating group) is 1. The van der Waals surface area contributed by atoms with Crippen molar-refractivity contribution < 1.29 is 13.2 Å². The first-order valence-electron chi connectivity index (χ1n) is 6.92. The zero-order valence-corrected chi connectivity index (χ0v) is 12.6. The third-order valence-corrected chi connectivity index (χ3v) is 6.20. The predicted octanol–water partition coefficient (Wildman–Crippen LogP) is 1.16. The van der Waals surface area contributed by atoms with E-state index in [0.717, 1.165) is 25.9 Å². The molecule has 1 saturated heterocycles. The Hall–Kier alpha value is -1.11. The molecule has 0 saturated carbocycles. The first-order chi connectivity index (χ1) is 9.50. The normalized spacial score (nSPS) is 30.5. The number of benzene rings is 1. The number of sulfonamides is 1. The van der Waals surface area contributed by atoms with Gasteiger partial charge in [-0.25, -0.2) is 8.42 Å². The molecule has 3 rings (SSSR count). The standard InChI is InChI=1S/C14H20N2O3S/c1-15-9-7-11-12(8-10-15)19-13-5-3-4-6-14(13)20(17,18)16(11)2/h3-6,11-12H,7-10H2,1-2H3/t11-,12-/m0/s1. The average Bonchev–Trinajstić information content (AvgIpc) is 2.64. The van der Waals surface area contributed by atoms with Gasteiger partial charge in [-0.1, -0.05) is 12.1 Å². The first-order valence-corrected chi connectivity index (χ1v) is 8.36. The molecule has 2 aliphatic rings. The van der Waals surface area contributed by atoms with E-state index in [1.165, 1.54) is 4.31 Å². The lowest BCUT2D eigenvalue weighted by Crippen LogP contribution is -2.44. The van der Waals surface area contributed by atoms with E-state index in [1.807, 2.05) is 6.07 Å². The second-order valence-electron chi connectivity index (χ2n) is 5.57. The number of para-hydroxylation sites is 1. The van der Waals surface area contributed by atoms with Crippen molar-refractivity contribution in [1.29, 1.82) is 0 Å². The van der Waals surface area contributed by atoms with Gasteiger partial charge in [0.15, 0.2) is 0 Å². The molecule has 0 unspecified atom stereocenters. The second-order valence-corrected chi connectivity index (χ2v) is 7.54. The van der Waals surface area contributed by atoms with E-state index < -0.39 is 10.0 Å². The summed E-state index contributed by atoms with van der Waals surface area (Å²) in [6, 6.07) is 6.83. The van der Waals surface area contributed by atoms with Gasteiger partial charge in [-0.15, -0.1) is 0 Å². The molecule has 2 aliphatic heterocycles. The van der Waals surface area contributed by atoms with Crippen LogP contribution in [0.3, 0.4) is 0 Å². The second kappa shape index (κ2) is 5.02. The summed E-state index contributed by atoms with van der Waals surface area (Å²) in [6.45, 7) is 1.82. The van der Waals surface area contributed by atoms with Gasteiger partial charge in [-0.2, -0.15) is 4.31 Å². The van der Waals surface area contributed by atoms with Gasteiger partial charge in [0.1, 0.15) is 16.7 Å². The fraction of sp³-hybridized carbons (Fsp3) is 0.571. The van der Waals surface area contributed by atoms with Gasteiger partial charge >= 0.3 is 0 Å². The van der Waals surface area contributed by atoms with Crippen LogP contribution in [0.4, 0.5) is 0 Å². The Labute approximate surface area is 120 Å². The maximum Gasteiger partial charge on any atom is 0.246 e. The SMILES string of the molecule is CN1CC[C@@H]2Oc3ccccc3S(=O)(=O)N(C)[C@H]2CC1. The third-order valence-electron chi connectivity index (χ3n) is 4.28. The van der Waals surface area contributed by atoms with Gasteiger partial charge in [-0.05, 0) is 38.6 Å². The quantitative estimate of drug-likeness (QED) is 0.721. The molecular weight excluding hydrogens is 276 g/mol. The van der Waals surface area contributed by atoms with E-state index >= 15 is 0 Å². The van der Waals surface area contributed by atoms with Crippen molar-refractivity contribution in [2.75, 3.05) is 27.2 Å².